The standard InChI is InChI=1S/C16H21N5OS/c1-2-13(16-17-3-9-23-16)11-21(4-1)15-10-14(18-12-19-15)20-5-7-22-8-6-20/h3,9-10,12-13H,1-2,4-8,11H2/t13-/m0/s1. The summed E-state index contributed by atoms with van der Waals surface area (Å²) in [7, 11) is 0. The number of anilines is 2. The summed E-state index contributed by atoms with van der Waals surface area (Å²) in [5, 5.41) is 3.31. The first-order valence-electron chi connectivity index (χ1n) is 8.19. The van der Waals surface area contributed by atoms with Crippen LogP contribution in [0.4, 0.5) is 11.6 Å². The minimum absolute atomic E-state index is 0.519. The van der Waals surface area contributed by atoms with Gasteiger partial charge in [-0.2, -0.15) is 0 Å². The van der Waals surface area contributed by atoms with Crippen molar-refractivity contribution in [3.05, 3.63) is 29.0 Å². The Labute approximate surface area is 140 Å². The van der Waals surface area contributed by atoms with Gasteiger partial charge in [0.25, 0.3) is 0 Å². The van der Waals surface area contributed by atoms with Gasteiger partial charge in [0.1, 0.15) is 18.0 Å². The van der Waals surface area contributed by atoms with Crippen molar-refractivity contribution in [1.82, 2.24) is 15.0 Å². The smallest absolute Gasteiger partial charge is 0.134 e. The molecule has 2 aliphatic heterocycles. The SMILES string of the molecule is c1nc(N2CCOCC2)cc(N2CCC[C@H](c3nccs3)C2)n1. The molecule has 2 aliphatic rings. The second kappa shape index (κ2) is 6.80. The van der Waals surface area contributed by atoms with Gasteiger partial charge in [0.05, 0.1) is 18.2 Å². The predicted molar refractivity (Wildman–Crippen MR) is 91.4 cm³/mol. The minimum atomic E-state index is 0.519. The van der Waals surface area contributed by atoms with Crippen molar-refractivity contribution in [1.29, 1.82) is 0 Å². The van der Waals surface area contributed by atoms with E-state index in [9.17, 15) is 0 Å². The van der Waals surface area contributed by atoms with Crippen LogP contribution in [0.15, 0.2) is 24.0 Å². The fourth-order valence-corrected chi connectivity index (χ4v) is 4.07. The maximum Gasteiger partial charge on any atom is 0.134 e. The van der Waals surface area contributed by atoms with Crippen molar-refractivity contribution < 1.29 is 4.74 Å². The number of piperidine rings is 1. The normalized spacial score (nSPS) is 22.3. The summed E-state index contributed by atoms with van der Waals surface area (Å²) in [6.45, 7) is 5.40. The number of hydrogen-bond acceptors (Lipinski definition) is 7. The van der Waals surface area contributed by atoms with Crippen LogP contribution in [0.25, 0.3) is 0 Å². The Hall–Kier alpha value is -1.73. The fraction of sp³-hybridized carbons (Fsp3) is 0.562. The molecule has 2 aromatic heterocycles. The van der Waals surface area contributed by atoms with Crippen molar-refractivity contribution in [2.24, 2.45) is 0 Å². The molecule has 0 aromatic carbocycles. The Morgan fingerprint density at radius 2 is 1.87 bits per heavy atom. The van der Waals surface area contributed by atoms with Crippen molar-refractivity contribution in [3.63, 3.8) is 0 Å². The van der Waals surface area contributed by atoms with Gasteiger partial charge in [-0.3, -0.25) is 0 Å². The van der Waals surface area contributed by atoms with Gasteiger partial charge in [0.15, 0.2) is 0 Å². The van der Waals surface area contributed by atoms with Crippen molar-refractivity contribution >= 4 is 23.0 Å². The van der Waals surface area contributed by atoms with Gasteiger partial charge in [-0.1, -0.05) is 0 Å². The van der Waals surface area contributed by atoms with E-state index >= 15 is 0 Å². The van der Waals surface area contributed by atoms with Gasteiger partial charge in [-0.25, -0.2) is 15.0 Å². The lowest BCUT2D eigenvalue weighted by molar-refractivity contribution is 0.122. The molecule has 0 aliphatic carbocycles. The molecule has 0 unspecified atom stereocenters. The van der Waals surface area contributed by atoms with E-state index in [1.165, 1.54) is 17.8 Å². The van der Waals surface area contributed by atoms with E-state index in [-0.39, 0.29) is 0 Å². The summed E-state index contributed by atoms with van der Waals surface area (Å²) in [5.41, 5.74) is 0. The van der Waals surface area contributed by atoms with Crippen LogP contribution in [0.1, 0.15) is 23.8 Å². The third-order valence-electron chi connectivity index (χ3n) is 4.52. The molecule has 2 aromatic rings. The van der Waals surface area contributed by atoms with E-state index < -0.39 is 0 Å². The van der Waals surface area contributed by atoms with E-state index in [2.05, 4.69) is 36.2 Å². The number of ether oxygens (including phenoxy) is 1. The lowest BCUT2D eigenvalue weighted by Crippen LogP contribution is -2.38. The van der Waals surface area contributed by atoms with Crippen LogP contribution in [0.5, 0.6) is 0 Å². The topological polar surface area (TPSA) is 54.4 Å². The Bertz CT molecular complexity index is 629. The minimum Gasteiger partial charge on any atom is -0.378 e. The van der Waals surface area contributed by atoms with E-state index in [0.29, 0.717) is 5.92 Å². The zero-order chi connectivity index (χ0) is 15.5. The summed E-state index contributed by atoms with van der Waals surface area (Å²) in [6.07, 6.45) is 5.99. The van der Waals surface area contributed by atoms with Gasteiger partial charge < -0.3 is 14.5 Å². The van der Waals surface area contributed by atoms with Crippen LogP contribution in [-0.4, -0.2) is 54.3 Å². The van der Waals surface area contributed by atoms with Gasteiger partial charge >= 0.3 is 0 Å². The molecule has 6 nitrogen and oxygen atoms in total. The quantitative estimate of drug-likeness (QED) is 0.859. The Kier molecular flexibility index (Phi) is 4.39. The first-order valence-corrected chi connectivity index (χ1v) is 9.07. The van der Waals surface area contributed by atoms with Crippen LogP contribution >= 0.6 is 11.3 Å². The average Bonchev–Trinajstić information content (AvgIpc) is 3.18. The molecule has 0 saturated carbocycles. The molecule has 122 valence electrons. The lowest BCUT2D eigenvalue weighted by atomic mass is 9.99. The molecule has 23 heavy (non-hydrogen) atoms. The summed E-state index contributed by atoms with van der Waals surface area (Å²) in [5.74, 6) is 2.56. The van der Waals surface area contributed by atoms with Gasteiger partial charge in [0, 0.05) is 49.7 Å². The lowest BCUT2D eigenvalue weighted by Gasteiger charge is -2.33. The molecule has 0 spiro atoms. The van der Waals surface area contributed by atoms with Crippen LogP contribution in [0, 0.1) is 0 Å². The first-order chi connectivity index (χ1) is 11.4. The van der Waals surface area contributed by atoms with Crippen LogP contribution in [0.2, 0.25) is 0 Å². The van der Waals surface area contributed by atoms with Crippen LogP contribution < -0.4 is 9.80 Å². The number of thiazole rings is 1. The zero-order valence-corrected chi connectivity index (χ0v) is 13.9. The van der Waals surface area contributed by atoms with E-state index in [0.717, 1.165) is 51.0 Å². The molecule has 2 saturated heterocycles. The van der Waals surface area contributed by atoms with Crippen LogP contribution in [-0.2, 0) is 4.74 Å². The van der Waals surface area contributed by atoms with E-state index in [4.69, 9.17) is 4.74 Å². The largest absolute Gasteiger partial charge is 0.378 e. The highest BCUT2D eigenvalue weighted by atomic mass is 32.1. The molecule has 0 bridgehead atoms. The number of nitrogens with zero attached hydrogens (tertiary/aromatic N) is 5. The summed E-state index contributed by atoms with van der Waals surface area (Å²) >= 11 is 1.76. The zero-order valence-electron chi connectivity index (χ0n) is 13.1. The Balaban J connectivity index is 1.50. The summed E-state index contributed by atoms with van der Waals surface area (Å²) < 4.78 is 5.42. The Morgan fingerprint density at radius 3 is 2.65 bits per heavy atom. The van der Waals surface area contributed by atoms with Crippen molar-refractivity contribution in [2.45, 2.75) is 18.8 Å². The molecular formula is C16H21N5OS. The molecule has 4 rings (SSSR count). The summed E-state index contributed by atoms with van der Waals surface area (Å²) in [4.78, 5) is 18.1. The van der Waals surface area contributed by atoms with Crippen LogP contribution in [0.3, 0.4) is 0 Å². The number of hydrogen-bond donors (Lipinski definition) is 0. The van der Waals surface area contributed by atoms with E-state index in [1.807, 2.05) is 6.20 Å². The highest BCUT2D eigenvalue weighted by Gasteiger charge is 2.24. The first kappa shape index (κ1) is 14.8. The third-order valence-corrected chi connectivity index (χ3v) is 5.46. The highest BCUT2D eigenvalue weighted by molar-refractivity contribution is 7.09. The fourth-order valence-electron chi connectivity index (χ4n) is 3.30. The predicted octanol–water partition coefficient (Wildman–Crippen LogP) is 2.15. The molecule has 0 N–H and O–H groups in total. The van der Waals surface area contributed by atoms with Crippen molar-refractivity contribution in [2.75, 3.05) is 49.2 Å². The molecule has 2 fully saturated rings. The van der Waals surface area contributed by atoms with Gasteiger partial charge in [-0.15, -0.1) is 11.3 Å². The second-order valence-corrected chi connectivity index (χ2v) is 6.92. The highest BCUT2D eigenvalue weighted by Crippen LogP contribution is 2.31. The average molecular weight is 331 g/mol. The van der Waals surface area contributed by atoms with Crippen molar-refractivity contribution in [3.8, 4) is 0 Å². The van der Waals surface area contributed by atoms with Gasteiger partial charge in [0.2, 0.25) is 0 Å². The van der Waals surface area contributed by atoms with E-state index in [1.54, 1.807) is 17.7 Å². The monoisotopic (exact) mass is 331 g/mol. The molecule has 1 atom stereocenters. The number of rotatable bonds is 3. The number of morpholine rings is 1. The molecule has 0 amide bonds. The molecule has 0 radical (unpaired) electrons. The molecule has 4 heterocycles. The Morgan fingerprint density at radius 1 is 1.04 bits per heavy atom. The second-order valence-electron chi connectivity index (χ2n) is 5.99. The molecule has 7 heteroatoms. The number of aromatic nitrogens is 3. The van der Waals surface area contributed by atoms with Gasteiger partial charge in [-0.05, 0) is 12.8 Å². The summed E-state index contributed by atoms with van der Waals surface area (Å²) in [6, 6.07) is 2.12. The third kappa shape index (κ3) is 3.30. The maximum atomic E-state index is 5.42. The maximum absolute atomic E-state index is 5.42. The molecular weight excluding hydrogens is 310 g/mol.